The monoisotopic (exact) mass is 273 g/mol. The molecule has 1 N–H and O–H groups in total. The molecule has 1 aliphatic heterocycles. The van der Waals surface area contributed by atoms with Gasteiger partial charge in [0, 0.05) is 23.1 Å². The smallest absolute Gasteiger partial charge is 0.0108 e. The van der Waals surface area contributed by atoms with E-state index in [1.54, 1.807) is 5.56 Å². The molecule has 0 spiro atoms. The minimum Gasteiger partial charge on any atom is -0.316 e. The van der Waals surface area contributed by atoms with E-state index in [4.69, 9.17) is 0 Å². The lowest BCUT2D eigenvalue weighted by Gasteiger charge is -2.23. The molecule has 2 aliphatic carbocycles. The standard InChI is InChI=1S/C17H23NS/c1-2-4-17-16(3-1)15(11-19-17)10-18-9-14-8-12-5-6-13(14)7-12/h1-4,12-15,18H,5-11H2. The molecule has 2 heteroatoms. The first kappa shape index (κ1) is 12.3. The Kier molecular flexibility index (Phi) is 3.32. The summed E-state index contributed by atoms with van der Waals surface area (Å²) in [7, 11) is 0. The van der Waals surface area contributed by atoms with Gasteiger partial charge in [-0.2, -0.15) is 0 Å². The Bertz CT molecular complexity index is 458. The Morgan fingerprint density at radius 1 is 1.11 bits per heavy atom. The van der Waals surface area contributed by atoms with Crippen LogP contribution in [-0.4, -0.2) is 18.8 Å². The molecule has 0 aromatic heterocycles. The van der Waals surface area contributed by atoms with Gasteiger partial charge in [-0.1, -0.05) is 24.6 Å². The number of benzene rings is 1. The van der Waals surface area contributed by atoms with Crippen molar-refractivity contribution >= 4 is 11.8 Å². The molecule has 2 saturated carbocycles. The predicted molar refractivity (Wildman–Crippen MR) is 81.7 cm³/mol. The van der Waals surface area contributed by atoms with Crippen molar-refractivity contribution in [3.05, 3.63) is 29.8 Å². The van der Waals surface area contributed by atoms with Crippen molar-refractivity contribution in [2.75, 3.05) is 18.8 Å². The molecule has 4 unspecified atom stereocenters. The minimum atomic E-state index is 0.736. The third-order valence-electron chi connectivity index (χ3n) is 5.48. The maximum absolute atomic E-state index is 3.78. The van der Waals surface area contributed by atoms with Crippen molar-refractivity contribution in [2.45, 2.75) is 36.5 Å². The third kappa shape index (κ3) is 2.34. The van der Waals surface area contributed by atoms with Gasteiger partial charge in [-0.15, -0.1) is 11.8 Å². The summed E-state index contributed by atoms with van der Waals surface area (Å²) in [6.07, 6.45) is 6.08. The van der Waals surface area contributed by atoms with Crippen LogP contribution in [0.3, 0.4) is 0 Å². The summed E-state index contributed by atoms with van der Waals surface area (Å²) in [6, 6.07) is 8.94. The van der Waals surface area contributed by atoms with E-state index in [2.05, 4.69) is 29.6 Å². The van der Waals surface area contributed by atoms with Gasteiger partial charge in [-0.3, -0.25) is 0 Å². The molecule has 102 valence electrons. The summed E-state index contributed by atoms with van der Waals surface area (Å²) < 4.78 is 0. The molecular formula is C17H23NS. The molecule has 4 rings (SSSR count). The molecule has 4 atom stereocenters. The Morgan fingerprint density at radius 3 is 2.89 bits per heavy atom. The van der Waals surface area contributed by atoms with Crippen molar-refractivity contribution in [3.63, 3.8) is 0 Å². The number of thioether (sulfide) groups is 1. The zero-order chi connectivity index (χ0) is 12.7. The molecule has 1 aromatic rings. The van der Waals surface area contributed by atoms with Gasteiger partial charge < -0.3 is 5.32 Å². The van der Waals surface area contributed by atoms with E-state index in [-0.39, 0.29) is 0 Å². The van der Waals surface area contributed by atoms with Crippen molar-refractivity contribution in [1.29, 1.82) is 0 Å². The number of fused-ring (bicyclic) bond motifs is 3. The van der Waals surface area contributed by atoms with Crippen LogP contribution in [0.5, 0.6) is 0 Å². The Balaban J connectivity index is 1.30. The second kappa shape index (κ2) is 5.14. The Hall–Kier alpha value is -0.470. The topological polar surface area (TPSA) is 12.0 Å². The molecule has 1 heterocycles. The summed E-state index contributed by atoms with van der Waals surface area (Å²) in [6.45, 7) is 2.45. The molecule has 0 amide bonds. The second-order valence-corrected chi connectivity index (χ2v) is 7.70. The molecule has 0 saturated heterocycles. The largest absolute Gasteiger partial charge is 0.316 e. The van der Waals surface area contributed by atoms with Crippen LogP contribution in [0.4, 0.5) is 0 Å². The van der Waals surface area contributed by atoms with Crippen LogP contribution >= 0.6 is 11.8 Å². The van der Waals surface area contributed by atoms with E-state index < -0.39 is 0 Å². The van der Waals surface area contributed by atoms with Gasteiger partial charge in [-0.05, 0) is 55.2 Å². The van der Waals surface area contributed by atoms with Gasteiger partial charge >= 0.3 is 0 Å². The minimum absolute atomic E-state index is 0.736. The highest BCUT2D eigenvalue weighted by molar-refractivity contribution is 7.99. The van der Waals surface area contributed by atoms with Crippen molar-refractivity contribution < 1.29 is 0 Å². The fourth-order valence-corrected chi connectivity index (χ4v) is 5.72. The molecule has 0 radical (unpaired) electrons. The first-order valence-corrected chi connectivity index (χ1v) is 8.81. The van der Waals surface area contributed by atoms with Crippen LogP contribution in [0.25, 0.3) is 0 Å². The van der Waals surface area contributed by atoms with Gasteiger partial charge in [0.05, 0.1) is 0 Å². The van der Waals surface area contributed by atoms with E-state index in [9.17, 15) is 0 Å². The lowest BCUT2D eigenvalue weighted by Crippen LogP contribution is -2.30. The average Bonchev–Trinajstić information content (AvgIpc) is 3.14. The maximum Gasteiger partial charge on any atom is 0.0108 e. The lowest BCUT2D eigenvalue weighted by molar-refractivity contribution is 0.317. The fourth-order valence-electron chi connectivity index (χ4n) is 4.47. The lowest BCUT2D eigenvalue weighted by atomic mass is 9.88. The highest BCUT2D eigenvalue weighted by atomic mass is 32.2. The summed E-state index contributed by atoms with van der Waals surface area (Å²) >= 11 is 2.03. The van der Waals surface area contributed by atoms with Crippen molar-refractivity contribution in [1.82, 2.24) is 5.32 Å². The molecule has 2 bridgehead atoms. The molecule has 3 aliphatic rings. The number of rotatable bonds is 4. The molecule has 19 heavy (non-hydrogen) atoms. The van der Waals surface area contributed by atoms with E-state index in [1.165, 1.54) is 49.4 Å². The highest BCUT2D eigenvalue weighted by Crippen LogP contribution is 2.48. The molecular weight excluding hydrogens is 250 g/mol. The zero-order valence-electron chi connectivity index (χ0n) is 11.5. The molecule has 1 nitrogen and oxygen atoms in total. The number of hydrogen-bond acceptors (Lipinski definition) is 2. The Morgan fingerprint density at radius 2 is 2.05 bits per heavy atom. The summed E-state index contributed by atoms with van der Waals surface area (Å²) in [5.41, 5.74) is 1.58. The predicted octanol–water partition coefficient (Wildman–Crippen LogP) is 3.90. The normalized spacial score (nSPS) is 35.8. The Labute approximate surface area is 120 Å². The van der Waals surface area contributed by atoms with E-state index in [0.29, 0.717) is 0 Å². The van der Waals surface area contributed by atoms with Crippen molar-refractivity contribution in [2.24, 2.45) is 17.8 Å². The van der Waals surface area contributed by atoms with Crippen LogP contribution in [0.15, 0.2) is 29.2 Å². The molecule has 1 aromatic carbocycles. The van der Waals surface area contributed by atoms with Gasteiger partial charge in [-0.25, -0.2) is 0 Å². The average molecular weight is 273 g/mol. The number of nitrogens with one attached hydrogen (secondary N) is 1. The quantitative estimate of drug-likeness (QED) is 0.893. The SMILES string of the molecule is c1ccc2c(c1)SCC2CNCC1CC2CCC1C2. The zero-order valence-corrected chi connectivity index (χ0v) is 12.3. The van der Waals surface area contributed by atoms with E-state index in [0.717, 1.165) is 23.7 Å². The van der Waals surface area contributed by atoms with Crippen molar-refractivity contribution in [3.8, 4) is 0 Å². The maximum atomic E-state index is 3.78. The van der Waals surface area contributed by atoms with Crippen LogP contribution in [0, 0.1) is 17.8 Å². The van der Waals surface area contributed by atoms with Gasteiger partial charge in [0.15, 0.2) is 0 Å². The summed E-state index contributed by atoms with van der Waals surface area (Å²) in [4.78, 5) is 1.51. The third-order valence-corrected chi connectivity index (χ3v) is 6.73. The highest BCUT2D eigenvalue weighted by Gasteiger charge is 2.39. The van der Waals surface area contributed by atoms with Crippen LogP contribution < -0.4 is 5.32 Å². The summed E-state index contributed by atoms with van der Waals surface area (Å²) in [5.74, 6) is 5.13. The number of hydrogen-bond donors (Lipinski definition) is 1. The first-order chi connectivity index (χ1) is 9.40. The molecule has 2 fully saturated rings. The second-order valence-electron chi connectivity index (χ2n) is 6.64. The van der Waals surface area contributed by atoms with E-state index >= 15 is 0 Å². The fraction of sp³-hybridized carbons (Fsp3) is 0.647. The van der Waals surface area contributed by atoms with Crippen LogP contribution in [-0.2, 0) is 0 Å². The summed E-state index contributed by atoms with van der Waals surface area (Å²) in [5, 5.41) is 3.78. The van der Waals surface area contributed by atoms with E-state index in [1.807, 2.05) is 11.8 Å². The van der Waals surface area contributed by atoms with Gasteiger partial charge in [0.25, 0.3) is 0 Å². The first-order valence-electron chi connectivity index (χ1n) is 7.82. The van der Waals surface area contributed by atoms with Gasteiger partial charge in [0.1, 0.15) is 0 Å². The van der Waals surface area contributed by atoms with Gasteiger partial charge in [0.2, 0.25) is 0 Å². The van der Waals surface area contributed by atoms with Crippen LogP contribution in [0.2, 0.25) is 0 Å². The van der Waals surface area contributed by atoms with Crippen LogP contribution in [0.1, 0.15) is 37.2 Å².